The fourth-order valence-electron chi connectivity index (χ4n) is 3.00. The van der Waals surface area contributed by atoms with Gasteiger partial charge in [0.2, 0.25) is 5.82 Å². The third-order valence-electron chi connectivity index (χ3n) is 4.80. The van der Waals surface area contributed by atoms with E-state index in [0.29, 0.717) is 10.2 Å². The molecule has 0 radical (unpaired) electrons. The summed E-state index contributed by atoms with van der Waals surface area (Å²) in [6.45, 7) is 3.67. The summed E-state index contributed by atoms with van der Waals surface area (Å²) in [5, 5.41) is 6.34. The van der Waals surface area contributed by atoms with Crippen molar-refractivity contribution < 1.29 is 22.4 Å². The summed E-state index contributed by atoms with van der Waals surface area (Å²) < 4.78 is 54.6. The molecule has 4 aromatic rings. The van der Waals surface area contributed by atoms with Crippen LogP contribution >= 0.6 is 0 Å². The summed E-state index contributed by atoms with van der Waals surface area (Å²) in [6, 6.07) is 10.9. The minimum atomic E-state index is -4.79. The first kappa shape index (κ1) is 20.5. The van der Waals surface area contributed by atoms with Crippen molar-refractivity contribution in [2.75, 3.05) is 5.32 Å². The summed E-state index contributed by atoms with van der Waals surface area (Å²) in [6.07, 6.45) is -4.79. The molecule has 1 amide bonds. The number of aryl methyl sites for hydroxylation is 1. The predicted molar refractivity (Wildman–Crippen MR) is 105 cm³/mol. The van der Waals surface area contributed by atoms with Gasteiger partial charge < -0.3 is 5.32 Å². The zero-order valence-electron chi connectivity index (χ0n) is 16.3. The molecule has 10 heteroatoms. The second-order valence-electron chi connectivity index (χ2n) is 6.88. The van der Waals surface area contributed by atoms with Crippen LogP contribution in [0.4, 0.5) is 23.2 Å². The molecule has 31 heavy (non-hydrogen) atoms. The van der Waals surface area contributed by atoms with E-state index in [1.54, 1.807) is 19.1 Å². The van der Waals surface area contributed by atoms with Gasteiger partial charge in [0.15, 0.2) is 5.69 Å². The Labute approximate surface area is 173 Å². The number of carbonyl (C=O) groups is 1. The molecular weight excluding hydrogens is 414 g/mol. The van der Waals surface area contributed by atoms with E-state index in [1.165, 1.54) is 12.1 Å². The van der Waals surface area contributed by atoms with Gasteiger partial charge in [-0.1, -0.05) is 12.1 Å². The smallest absolute Gasteiger partial charge is 0.319 e. The number of nitrogens with one attached hydrogen (secondary N) is 1. The molecule has 2 aromatic carbocycles. The molecule has 2 heterocycles. The average molecular weight is 429 g/mol. The van der Waals surface area contributed by atoms with E-state index in [9.17, 15) is 22.4 Å². The number of amides is 1. The van der Waals surface area contributed by atoms with Crippen LogP contribution in [-0.4, -0.2) is 25.5 Å². The molecule has 0 aliphatic rings. The monoisotopic (exact) mass is 429 g/mol. The lowest BCUT2D eigenvalue weighted by Gasteiger charge is -2.10. The molecule has 0 aliphatic heterocycles. The number of anilines is 1. The van der Waals surface area contributed by atoms with E-state index in [4.69, 9.17) is 0 Å². The number of halogens is 4. The zero-order chi connectivity index (χ0) is 22.3. The molecular formula is C21H15F4N5O. The van der Waals surface area contributed by atoms with Gasteiger partial charge in [-0.3, -0.25) is 4.79 Å². The van der Waals surface area contributed by atoms with Gasteiger partial charge in [-0.2, -0.15) is 22.7 Å². The second-order valence-corrected chi connectivity index (χ2v) is 6.88. The average Bonchev–Trinajstić information content (AvgIpc) is 3.14. The number of alkyl halides is 3. The maximum Gasteiger partial charge on any atom is 0.433 e. The normalized spacial score (nSPS) is 11.7. The van der Waals surface area contributed by atoms with Crippen molar-refractivity contribution in [1.82, 2.24) is 19.6 Å². The number of rotatable bonds is 3. The lowest BCUT2D eigenvalue weighted by molar-refractivity contribution is -0.142. The van der Waals surface area contributed by atoms with Crippen LogP contribution in [0.15, 0.2) is 48.5 Å². The molecule has 0 bridgehead atoms. The number of aromatic nitrogens is 4. The topological polar surface area (TPSA) is 72.2 Å². The van der Waals surface area contributed by atoms with Crippen LogP contribution < -0.4 is 5.32 Å². The Morgan fingerprint density at radius 1 is 1.03 bits per heavy atom. The first-order valence-corrected chi connectivity index (χ1v) is 9.12. The molecule has 158 valence electrons. The van der Waals surface area contributed by atoms with Crippen LogP contribution in [0.2, 0.25) is 0 Å². The van der Waals surface area contributed by atoms with Gasteiger partial charge in [0.25, 0.3) is 11.7 Å². The molecule has 0 saturated carbocycles. The number of carbonyl (C=O) groups excluding carboxylic acids is 1. The van der Waals surface area contributed by atoms with E-state index >= 15 is 0 Å². The molecule has 4 rings (SSSR count). The molecule has 0 saturated heterocycles. The summed E-state index contributed by atoms with van der Waals surface area (Å²) in [7, 11) is 0. The second kappa shape index (κ2) is 7.46. The molecule has 0 spiro atoms. The molecule has 6 nitrogen and oxygen atoms in total. The Bertz CT molecular complexity index is 1300. The summed E-state index contributed by atoms with van der Waals surface area (Å²) in [5.41, 5.74) is 1.28. The van der Waals surface area contributed by atoms with Gasteiger partial charge in [-0.05, 0) is 61.4 Å². The van der Waals surface area contributed by atoms with E-state index in [2.05, 4.69) is 20.4 Å². The standard InChI is InChI=1S/C21H15F4N5O/c1-11-4-3-5-15(12(11)2)26-19(31)18-28-20-27-16(13-6-8-14(22)9-7-13)10-17(21(23,24)25)30(20)29-18/h3-10H,1-2H3,(H,26,31). The van der Waals surface area contributed by atoms with Crippen molar-refractivity contribution in [3.05, 3.63) is 77.0 Å². The number of hydrogen-bond acceptors (Lipinski definition) is 4. The fourth-order valence-corrected chi connectivity index (χ4v) is 3.00. The van der Waals surface area contributed by atoms with Crippen molar-refractivity contribution in [2.24, 2.45) is 0 Å². The Balaban J connectivity index is 1.79. The number of nitrogens with zero attached hydrogens (tertiary/aromatic N) is 4. The van der Waals surface area contributed by atoms with E-state index < -0.39 is 35.2 Å². The molecule has 0 fully saturated rings. The number of fused-ring (bicyclic) bond motifs is 1. The Kier molecular flexibility index (Phi) is 4.92. The van der Waals surface area contributed by atoms with E-state index in [0.717, 1.165) is 29.3 Å². The number of benzene rings is 2. The van der Waals surface area contributed by atoms with Gasteiger partial charge in [-0.25, -0.2) is 9.37 Å². The predicted octanol–water partition coefficient (Wildman–Crippen LogP) is 4.82. The van der Waals surface area contributed by atoms with Gasteiger partial charge in [0.1, 0.15) is 5.82 Å². The highest BCUT2D eigenvalue weighted by molar-refractivity contribution is 6.02. The summed E-state index contributed by atoms with van der Waals surface area (Å²) >= 11 is 0. The lowest BCUT2D eigenvalue weighted by Crippen LogP contribution is -2.16. The lowest BCUT2D eigenvalue weighted by atomic mass is 10.1. The maximum absolute atomic E-state index is 13.7. The van der Waals surface area contributed by atoms with Crippen LogP contribution in [0.1, 0.15) is 27.4 Å². The highest BCUT2D eigenvalue weighted by atomic mass is 19.4. The fraction of sp³-hybridized carbons (Fsp3) is 0.143. The van der Waals surface area contributed by atoms with Gasteiger partial charge in [0.05, 0.1) is 5.69 Å². The van der Waals surface area contributed by atoms with Gasteiger partial charge in [0, 0.05) is 11.3 Å². The van der Waals surface area contributed by atoms with Crippen molar-refractivity contribution in [1.29, 1.82) is 0 Å². The summed E-state index contributed by atoms with van der Waals surface area (Å²) in [5.74, 6) is -2.17. The van der Waals surface area contributed by atoms with Crippen molar-refractivity contribution >= 4 is 17.4 Å². The highest BCUT2D eigenvalue weighted by Crippen LogP contribution is 2.32. The minimum Gasteiger partial charge on any atom is -0.319 e. The van der Waals surface area contributed by atoms with Crippen LogP contribution in [0.25, 0.3) is 17.0 Å². The van der Waals surface area contributed by atoms with Crippen molar-refractivity contribution in [3.8, 4) is 11.3 Å². The minimum absolute atomic E-state index is 0.0753. The van der Waals surface area contributed by atoms with Crippen LogP contribution in [0.5, 0.6) is 0 Å². The van der Waals surface area contributed by atoms with Crippen molar-refractivity contribution in [2.45, 2.75) is 20.0 Å². The molecule has 0 unspecified atom stereocenters. The Hall–Kier alpha value is -3.82. The first-order chi connectivity index (χ1) is 14.6. The Morgan fingerprint density at radius 3 is 2.42 bits per heavy atom. The Morgan fingerprint density at radius 2 is 1.74 bits per heavy atom. The van der Waals surface area contributed by atoms with Gasteiger partial charge >= 0.3 is 6.18 Å². The van der Waals surface area contributed by atoms with Crippen LogP contribution in [0.3, 0.4) is 0 Å². The summed E-state index contributed by atoms with van der Waals surface area (Å²) in [4.78, 5) is 20.6. The third kappa shape index (κ3) is 3.96. The maximum atomic E-state index is 13.7. The zero-order valence-corrected chi connectivity index (χ0v) is 16.3. The van der Waals surface area contributed by atoms with Crippen molar-refractivity contribution in [3.63, 3.8) is 0 Å². The largest absolute Gasteiger partial charge is 0.433 e. The van der Waals surface area contributed by atoms with E-state index in [1.807, 2.05) is 13.0 Å². The highest BCUT2D eigenvalue weighted by Gasteiger charge is 2.36. The van der Waals surface area contributed by atoms with Crippen LogP contribution in [-0.2, 0) is 6.18 Å². The first-order valence-electron chi connectivity index (χ1n) is 9.12. The molecule has 1 N–H and O–H groups in total. The third-order valence-corrected chi connectivity index (χ3v) is 4.80. The van der Waals surface area contributed by atoms with Crippen LogP contribution in [0, 0.1) is 19.7 Å². The molecule has 2 aromatic heterocycles. The van der Waals surface area contributed by atoms with E-state index in [-0.39, 0.29) is 11.3 Å². The SMILES string of the molecule is Cc1cccc(NC(=O)c2nc3nc(-c4ccc(F)cc4)cc(C(F)(F)F)n3n2)c1C. The van der Waals surface area contributed by atoms with Gasteiger partial charge in [-0.15, -0.1) is 5.10 Å². The quantitative estimate of drug-likeness (QED) is 0.474. The number of hydrogen-bond donors (Lipinski definition) is 1. The molecule has 0 atom stereocenters. The molecule has 0 aliphatic carbocycles.